The van der Waals surface area contributed by atoms with Crippen LogP contribution in [0.3, 0.4) is 0 Å². The van der Waals surface area contributed by atoms with Gasteiger partial charge in [0.1, 0.15) is 18.1 Å². The number of aryl methyl sites for hydroxylation is 2. The van der Waals surface area contributed by atoms with Crippen molar-refractivity contribution in [1.29, 1.82) is 0 Å². The molecule has 1 amide bonds. The van der Waals surface area contributed by atoms with Crippen molar-refractivity contribution in [3.8, 4) is 5.75 Å². The summed E-state index contributed by atoms with van der Waals surface area (Å²) >= 11 is 1.42. The van der Waals surface area contributed by atoms with E-state index in [0.717, 1.165) is 17.0 Å². The van der Waals surface area contributed by atoms with E-state index in [1.807, 2.05) is 25.3 Å². The van der Waals surface area contributed by atoms with E-state index in [-0.39, 0.29) is 5.91 Å². The lowest BCUT2D eigenvalue weighted by atomic mass is 10.2. The van der Waals surface area contributed by atoms with Crippen LogP contribution in [0.5, 0.6) is 5.75 Å². The highest BCUT2D eigenvalue weighted by Crippen LogP contribution is 2.25. The standard InChI is InChI=1S/C19H21N3O3S/c1-11(2)16-10-26-19(20-16)21-18(23)14-7-5-6-8-17(14)24-9-15-12(3)22-25-13(15)4/h5-8,10-11H,9H2,1-4H3,(H,20,21,23). The normalized spacial score (nSPS) is 11.0. The summed E-state index contributed by atoms with van der Waals surface area (Å²) in [6.07, 6.45) is 0. The quantitative estimate of drug-likeness (QED) is 0.679. The molecule has 0 bridgehead atoms. The van der Waals surface area contributed by atoms with Gasteiger partial charge in [-0.2, -0.15) is 0 Å². The summed E-state index contributed by atoms with van der Waals surface area (Å²) in [6, 6.07) is 7.14. The molecular formula is C19H21N3O3S. The molecule has 0 aliphatic heterocycles. The van der Waals surface area contributed by atoms with Crippen molar-refractivity contribution in [2.24, 2.45) is 0 Å². The third kappa shape index (κ3) is 3.94. The second-order valence-corrected chi connectivity index (χ2v) is 7.13. The van der Waals surface area contributed by atoms with Crippen LogP contribution >= 0.6 is 11.3 Å². The minimum absolute atomic E-state index is 0.246. The van der Waals surface area contributed by atoms with Crippen LogP contribution in [0.2, 0.25) is 0 Å². The summed E-state index contributed by atoms with van der Waals surface area (Å²) in [5.41, 5.74) is 3.10. The maximum atomic E-state index is 12.7. The molecule has 0 aliphatic rings. The highest BCUT2D eigenvalue weighted by atomic mass is 32.1. The van der Waals surface area contributed by atoms with E-state index in [1.54, 1.807) is 18.2 Å². The van der Waals surface area contributed by atoms with Gasteiger partial charge >= 0.3 is 0 Å². The van der Waals surface area contributed by atoms with Gasteiger partial charge in [-0.05, 0) is 31.9 Å². The molecule has 136 valence electrons. The van der Waals surface area contributed by atoms with Gasteiger partial charge in [0, 0.05) is 5.38 Å². The maximum Gasteiger partial charge on any atom is 0.261 e. The van der Waals surface area contributed by atoms with Gasteiger partial charge in [0.25, 0.3) is 5.91 Å². The Morgan fingerprint density at radius 1 is 1.31 bits per heavy atom. The molecule has 1 N–H and O–H groups in total. The summed E-state index contributed by atoms with van der Waals surface area (Å²) in [5.74, 6) is 1.30. The van der Waals surface area contributed by atoms with Gasteiger partial charge in [-0.3, -0.25) is 10.1 Å². The zero-order valence-electron chi connectivity index (χ0n) is 15.2. The molecular weight excluding hydrogens is 350 g/mol. The van der Waals surface area contributed by atoms with Gasteiger partial charge in [0.15, 0.2) is 5.13 Å². The molecule has 3 rings (SSSR count). The Morgan fingerprint density at radius 2 is 2.08 bits per heavy atom. The van der Waals surface area contributed by atoms with Gasteiger partial charge in [0.05, 0.1) is 22.5 Å². The van der Waals surface area contributed by atoms with Gasteiger partial charge in [-0.25, -0.2) is 4.98 Å². The van der Waals surface area contributed by atoms with Crippen LogP contribution in [0.4, 0.5) is 5.13 Å². The number of aromatic nitrogens is 2. The van der Waals surface area contributed by atoms with Crippen LogP contribution in [0.15, 0.2) is 34.2 Å². The van der Waals surface area contributed by atoms with Crippen molar-refractivity contribution in [3.63, 3.8) is 0 Å². The SMILES string of the molecule is Cc1noc(C)c1COc1ccccc1C(=O)Nc1nc(C(C)C)cs1. The molecule has 0 atom stereocenters. The number of para-hydroxylation sites is 1. The molecule has 26 heavy (non-hydrogen) atoms. The fraction of sp³-hybridized carbons (Fsp3) is 0.316. The Balaban J connectivity index is 1.74. The Morgan fingerprint density at radius 3 is 2.73 bits per heavy atom. The largest absolute Gasteiger partial charge is 0.488 e. The van der Waals surface area contributed by atoms with Crippen LogP contribution in [0.1, 0.15) is 52.8 Å². The number of hydrogen-bond donors (Lipinski definition) is 1. The predicted molar refractivity (Wildman–Crippen MR) is 101 cm³/mol. The summed E-state index contributed by atoms with van der Waals surface area (Å²) in [5, 5.41) is 9.31. The van der Waals surface area contributed by atoms with Crippen molar-refractivity contribution in [2.75, 3.05) is 5.32 Å². The number of ether oxygens (including phenoxy) is 1. The topological polar surface area (TPSA) is 77.2 Å². The molecule has 2 aromatic heterocycles. The van der Waals surface area contributed by atoms with E-state index < -0.39 is 0 Å². The fourth-order valence-corrected chi connectivity index (χ4v) is 3.28. The average molecular weight is 371 g/mol. The summed E-state index contributed by atoms with van der Waals surface area (Å²) in [6.45, 7) is 8.13. The summed E-state index contributed by atoms with van der Waals surface area (Å²) in [7, 11) is 0. The first kappa shape index (κ1) is 18.1. The Hall–Kier alpha value is -2.67. The maximum absolute atomic E-state index is 12.7. The van der Waals surface area contributed by atoms with Crippen molar-refractivity contribution >= 4 is 22.4 Å². The smallest absolute Gasteiger partial charge is 0.261 e. The third-order valence-electron chi connectivity index (χ3n) is 4.02. The van der Waals surface area contributed by atoms with Crippen LogP contribution in [-0.4, -0.2) is 16.0 Å². The van der Waals surface area contributed by atoms with E-state index in [0.29, 0.717) is 34.7 Å². The number of amides is 1. The number of nitrogens with zero attached hydrogens (tertiary/aromatic N) is 2. The van der Waals surface area contributed by atoms with Crippen molar-refractivity contribution in [1.82, 2.24) is 10.1 Å². The number of carbonyl (C=O) groups is 1. The van der Waals surface area contributed by atoms with Crippen molar-refractivity contribution in [3.05, 3.63) is 57.9 Å². The van der Waals surface area contributed by atoms with Crippen LogP contribution < -0.4 is 10.1 Å². The van der Waals surface area contributed by atoms with Crippen LogP contribution in [0.25, 0.3) is 0 Å². The Labute approximate surface area is 156 Å². The number of thiazole rings is 1. The molecule has 2 heterocycles. The predicted octanol–water partition coefficient (Wildman–Crippen LogP) is 4.70. The molecule has 0 unspecified atom stereocenters. The lowest BCUT2D eigenvalue weighted by Gasteiger charge is -2.10. The van der Waals surface area contributed by atoms with E-state index in [2.05, 4.69) is 29.3 Å². The number of hydrogen-bond acceptors (Lipinski definition) is 6. The zero-order chi connectivity index (χ0) is 18.7. The molecule has 1 aromatic carbocycles. The molecule has 6 nitrogen and oxygen atoms in total. The van der Waals surface area contributed by atoms with Crippen LogP contribution in [0, 0.1) is 13.8 Å². The first-order valence-corrected chi connectivity index (χ1v) is 9.24. The third-order valence-corrected chi connectivity index (χ3v) is 4.79. The van der Waals surface area contributed by atoms with E-state index in [1.165, 1.54) is 11.3 Å². The summed E-state index contributed by atoms with van der Waals surface area (Å²) < 4.78 is 11.0. The number of anilines is 1. The van der Waals surface area contributed by atoms with E-state index >= 15 is 0 Å². The van der Waals surface area contributed by atoms with Crippen LogP contribution in [-0.2, 0) is 6.61 Å². The average Bonchev–Trinajstić information content (AvgIpc) is 3.21. The molecule has 0 radical (unpaired) electrons. The Kier molecular flexibility index (Phi) is 5.37. The molecule has 0 fully saturated rings. The highest BCUT2D eigenvalue weighted by Gasteiger charge is 2.16. The first-order chi connectivity index (χ1) is 12.5. The summed E-state index contributed by atoms with van der Waals surface area (Å²) in [4.78, 5) is 17.1. The van der Waals surface area contributed by atoms with Crippen molar-refractivity contribution < 1.29 is 14.1 Å². The lowest BCUT2D eigenvalue weighted by molar-refractivity contribution is 0.102. The second-order valence-electron chi connectivity index (χ2n) is 6.27. The molecule has 0 aliphatic carbocycles. The van der Waals surface area contributed by atoms with Gasteiger partial charge in [-0.15, -0.1) is 11.3 Å². The number of benzene rings is 1. The Bertz CT molecular complexity index is 895. The minimum atomic E-state index is -0.246. The number of rotatable bonds is 6. The van der Waals surface area contributed by atoms with E-state index in [9.17, 15) is 4.79 Å². The van der Waals surface area contributed by atoms with Gasteiger partial charge in [-0.1, -0.05) is 31.1 Å². The molecule has 0 saturated carbocycles. The van der Waals surface area contributed by atoms with E-state index in [4.69, 9.17) is 9.26 Å². The zero-order valence-corrected chi connectivity index (χ0v) is 16.0. The van der Waals surface area contributed by atoms with Crippen molar-refractivity contribution in [2.45, 2.75) is 40.2 Å². The minimum Gasteiger partial charge on any atom is -0.488 e. The molecule has 7 heteroatoms. The number of carbonyl (C=O) groups excluding carboxylic acids is 1. The monoisotopic (exact) mass is 371 g/mol. The number of nitrogens with one attached hydrogen (secondary N) is 1. The molecule has 0 saturated heterocycles. The highest BCUT2D eigenvalue weighted by molar-refractivity contribution is 7.14. The molecule has 3 aromatic rings. The first-order valence-electron chi connectivity index (χ1n) is 8.36. The van der Waals surface area contributed by atoms with Gasteiger partial charge < -0.3 is 9.26 Å². The van der Waals surface area contributed by atoms with Gasteiger partial charge in [0.2, 0.25) is 0 Å². The molecule has 0 spiro atoms. The lowest BCUT2D eigenvalue weighted by Crippen LogP contribution is -2.13. The fourth-order valence-electron chi connectivity index (χ4n) is 2.41. The second kappa shape index (κ2) is 7.70.